The van der Waals surface area contributed by atoms with Crippen LogP contribution in [0.3, 0.4) is 0 Å². The van der Waals surface area contributed by atoms with E-state index in [4.69, 9.17) is 29.1 Å². The average molecular weight is 361 g/mol. The Morgan fingerprint density at radius 3 is 2.69 bits per heavy atom. The molecular weight excluding hydrogens is 342 g/mol. The highest BCUT2D eigenvalue weighted by molar-refractivity contribution is 5.77. The predicted octanol–water partition coefficient (Wildman–Crippen LogP) is 2.30. The Morgan fingerprint density at radius 2 is 2.00 bits per heavy atom. The molecule has 2 atom stereocenters. The summed E-state index contributed by atoms with van der Waals surface area (Å²) >= 11 is 0. The summed E-state index contributed by atoms with van der Waals surface area (Å²) in [6.45, 7) is 3.60. The van der Waals surface area contributed by atoms with Crippen LogP contribution in [0.15, 0.2) is 51.4 Å². The second kappa shape index (κ2) is 6.72. The number of methoxy groups -OCH3 is 1. The predicted molar refractivity (Wildman–Crippen MR) is 91.6 cm³/mol. The van der Waals surface area contributed by atoms with E-state index >= 15 is 0 Å². The van der Waals surface area contributed by atoms with Crippen molar-refractivity contribution in [2.75, 3.05) is 7.11 Å². The third-order valence-electron chi connectivity index (χ3n) is 3.90. The number of amides is 1. The van der Waals surface area contributed by atoms with E-state index in [2.05, 4.69) is 0 Å². The minimum absolute atomic E-state index is 0.432. The molecule has 8 heteroatoms. The van der Waals surface area contributed by atoms with Crippen molar-refractivity contribution in [1.82, 2.24) is 0 Å². The van der Waals surface area contributed by atoms with Crippen molar-refractivity contribution in [2.45, 2.75) is 31.8 Å². The Bertz CT molecular complexity index is 915. The molecule has 1 aliphatic heterocycles. The molecule has 138 valence electrons. The third-order valence-corrected chi connectivity index (χ3v) is 3.90. The number of benzene rings is 1. The van der Waals surface area contributed by atoms with Crippen molar-refractivity contribution >= 4 is 17.1 Å². The fraction of sp³-hybridized carbons (Fsp3) is 0.333. The van der Waals surface area contributed by atoms with Gasteiger partial charge in [-0.1, -0.05) is 0 Å². The van der Waals surface area contributed by atoms with Crippen molar-refractivity contribution in [3.05, 3.63) is 52.6 Å². The standard InChI is InChI=1S/C18H19NO7/c1-18(2)14(22-3)9-13(25-17(19)21)16(26-18)23-11-5-6-12-10(8-11)4-7-15(20)24-12/h4-9,13,16H,1-3H3,(H2,19,21)/t13-,16?/m0/s1. The SMILES string of the molecule is COC1=C[C@H](OC(N)=O)C(Oc2ccc3oc(=O)ccc3c2)OC1(C)C. The summed E-state index contributed by atoms with van der Waals surface area (Å²) in [5.74, 6) is 0.934. The smallest absolute Gasteiger partial charge is 0.405 e. The molecule has 2 heterocycles. The van der Waals surface area contributed by atoms with Crippen molar-refractivity contribution in [3.8, 4) is 5.75 Å². The Balaban J connectivity index is 1.90. The Labute approximate surface area is 149 Å². The second-order valence-electron chi connectivity index (χ2n) is 6.21. The lowest BCUT2D eigenvalue weighted by Crippen LogP contribution is -2.48. The van der Waals surface area contributed by atoms with E-state index in [1.165, 1.54) is 13.2 Å². The minimum Gasteiger partial charge on any atom is -0.498 e. The maximum Gasteiger partial charge on any atom is 0.405 e. The van der Waals surface area contributed by atoms with Crippen LogP contribution in [0, 0.1) is 0 Å². The molecule has 3 rings (SSSR count). The van der Waals surface area contributed by atoms with Crippen LogP contribution in [0.2, 0.25) is 0 Å². The van der Waals surface area contributed by atoms with Crippen LogP contribution in [0.5, 0.6) is 5.75 Å². The summed E-state index contributed by atoms with van der Waals surface area (Å²) in [7, 11) is 1.50. The normalized spacial score (nSPS) is 21.7. The molecule has 1 aromatic carbocycles. The van der Waals surface area contributed by atoms with Gasteiger partial charge in [-0.2, -0.15) is 0 Å². The lowest BCUT2D eigenvalue weighted by molar-refractivity contribution is -0.201. The van der Waals surface area contributed by atoms with E-state index in [0.717, 1.165) is 0 Å². The van der Waals surface area contributed by atoms with Crippen molar-refractivity contribution in [3.63, 3.8) is 0 Å². The first-order valence-corrected chi connectivity index (χ1v) is 7.89. The van der Waals surface area contributed by atoms with E-state index in [0.29, 0.717) is 22.5 Å². The molecule has 0 radical (unpaired) electrons. The van der Waals surface area contributed by atoms with Crippen LogP contribution >= 0.6 is 0 Å². The number of ether oxygens (including phenoxy) is 4. The van der Waals surface area contributed by atoms with Gasteiger partial charge in [-0.15, -0.1) is 0 Å². The van der Waals surface area contributed by atoms with Gasteiger partial charge in [-0.3, -0.25) is 0 Å². The summed E-state index contributed by atoms with van der Waals surface area (Å²) in [5.41, 5.74) is 4.34. The van der Waals surface area contributed by atoms with E-state index < -0.39 is 29.7 Å². The molecule has 0 bridgehead atoms. The molecule has 1 unspecified atom stereocenters. The quantitative estimate of drug-likeness (QED) is 0.832. The number of hydrogen-bond donors (Lipinski definition) is 1. The van der Waals surface area contributed by atoms with Gasteiger partial charge >= 0.3 is 11.7 Å². The molecule has 2 aromatic rings. The number of rotatable bonds is 4. The number of hydrogen-bond acceptors (Lipinski definition) is 7. The van der Waals surface area contributed by atoms with E-state index in [-0.39, 0.29) is 0 Å². The topological polar surface area (TPSA) is 110 Å². The van der Waals surface area contributed by atoms with Gasteiger partial charge in [-0.05, 0) is 38.1 Å². The van der Waals surface area contributed by atoms with Gasteiger partial charge in [0.1, 0.15) is 22.7 Å². The summed E-state index contributed by atoms with van der Waals surface area (Å²) in [4.78, 5) is 22.5. The molecule has 0 spiro atoms. The third kappa shape index (κ3) is 3.65. The molecule has 2 N–H and O–H groups in total. The Kier molecular flexibility index (Phi) is 4.60. The van der Waals surface area contributed by atoms with Gasteiger partial charge in [0.25, 0.3) is 0 Å². The highest BCUT2D eigenvalue weighted by atomic mass is 16.7. The monoisotopic (exact) mass is 361 g/mol. The minimum atomic E-state index is -0.959. The molecule has 8 nitrogen and oxygen atoms in total. The molecule has 0 saturated heterocycles. The van der Waals surface area contributed by atoms with Crippen LogP contribution in [0.25, 0.3) is 11.0 Å². The zero-order valence-electron chi connectivity index (χ0n) is 14.6. The van der Waals surface area contributed by atoms with Gasteiger partial charge in [0.2, 0.25) is 6.29 Å². The number of fused-ring (bicyclic) bond motifs is 1. The molecule has 0 aliphatic carbocycles. The lowest BCUT2D eigenvalue weighted by atomic mass is 10.0. The first-order valence-electron chi connectivity index (χ1n) is 7.89. The van der Waals surface area contributed by atoms with E-state index in [1.807, 2.05) is 0 Å². The fourth-order valence-corrected chi connectivity index (χ4v) is 2.73. The van der Waals surface area contributed by atoms with Crippen LogP contribution in [-0.2, 0) is 14.2 Å². The van der Waals surface area contributed by atoms with Gasteiger partial charge in [-0.25, -0.2) is 9.59 Å². The van der Waals surface area contributed by atoms with Gasteiger partial charge in [0.05, 0.1) is 7.11 Å². The van der Waals surface area contributed by atoms with Crippen LogP contribution in [-0.4, -0.2) is 31.2 Å². The summed E-state index contributed by atoms with van der Waals surface area (Å²) in [6, 6.07) is 7.86. The summed E-state index contributed by atoms with van der Waals surface area (Å²) in [5, 5.41) is 0.678. The van der Waals surface area contributed by atoms with Crippen LogP contribution in [0.1, 0.15) is 13.8 Å². The number of carbonyl (C=O) groups is 1. The zero-order valence-corrected chi connectivity index (χ0v) is 14.6. The molecule has 1 amide bonds. The lowest BCUT2D eigenvalue weighted by Gasteiger charge is -2.38. The highest BCUT2D eigenvalue weighted by Gasteiger charge is 2.41. The number of primary amides is 1. The Hall–Kier alpha value is -3.00. The molecule has 1 aromatic heterocycles. The number of carbonyl (C=O) groups excluding carboxylic acids is 1. The molecule has 0 fully saturated rings. The van der Waals surface area contributed by atoms with Gasteiger partial charge < -0.3 is 29.1 Å². The summed E-state index contributed by atoms with van der Waals surface area (Å²) < 4.78 is 27.2. The number of nitrogens with two attached hydrogens (primary N) is 1. The first kappa shape index (κ1) is 17.8. The van der Waals surface area contributed by atoms with Crippen molar-refractivity contribution < 1.29 is 28.2 Å². The zero-order chi connectivity index (χ0) is 18.9. The largest absolute Gasteiger partial charge is 0.498 e. The second-order valence-corrected chi connectivity index (χ2v) is 6.21. The molecule has 0 saturated carbocycles. The molecule has 1 aliphatic rings. The van der Waals surface area contributed by atoms with Gasteiger partial charge in [0, 0.05) is 17.5 Å². The summed E-state index contributed by atoms with van der Waals surface area (Å²) in [6.07, 6.45) is -1.19. The first-order chi connectivity index (χ1) is 12.3. The van der Waals surface area contributed by atoms with Crippen molar-refractivity contribution in [2.24, 2.45) is 5.73 Å². The molecular formula is C18H19NO7. The fourth-order valence-electron chi connectivity index (χ4n) is 2.73. The van der Waals surface area contributed by atoms with E-state index in [1.54, 1.807) is 44.2 Å². The van der Waals surface area contributed by atoms with Gasteiger partial charge in [0.15, 0.2) is 6.10 Å². The molecule has 26 heavy (non-hydrogen) atoms. The maximum absolute atomic E-state index is 11.3. The van der Waals surface area contributed by atoms with Crippen molar-refractivity contribution in [1.29, 1.82) is 0 Å². The van der Waals surface area contributed by atoms with Crippen LogP contribution < -0.4 is 16.1 Å². The highest BCUT2D eigenvalue weighted by Crippen LogP contribution is 2.32. The van der Waals surface area contributed by atoms with E-state index in [9.17, 15) is 9.59 Å². The van der Waals surface area contributed by atoms with Crippen LogP contribution in [0.4, 0.5) is 4.79 Å². The Morgan fingerprint density at radius 1 is 1.23 bits per heavy atom. The average Bonchev–Trinajstić information content (AvgIpc) is 2.56. The maximum atomic E-state index is 11.3.